The highest BCUT2D eigenvalue weighted by molar-refractivity contribution is 5.40. The second-order valence-electron chi connectivity index (χ2n) is 3.83. The van der Waals surface area contributed by atoms with E-state index in [9.17, 15) is 0 Å². The Morgan fingerprint density at radius 1 is 1.12 bits per heavy atom. The zero-order valence-corrected chi connectivity index (χ0v) is 10.9. The van der Waals surface area contributed by atoms with Crippen molar-refractivity contribution < 1.29 is 14.2 Å². The van der Waals surface area contributed by atoms with Crippen LogP contribution in [0.4, 0.5) is 0 Å². The van der Waals surface area contributed by atoms with E-state index in [1.165, 1.54) is 0 Å². The number of hydrogen-bond donors (Lipinski definition) is 1. The van der Waals surface area contributed by atoms with Gasteiger partial charge in [0.2, 0.25) is 0 Å². The van der Waals surface area contributed by atoms with Crippen LogP contribution >= 0.6 is 0 Å². The maximum absolute atomic E-state index is 6.14. The van der Waals surface area contributed by atoms with E-state index in [1.807, 2.05) is 32.0 Å². The molecule has 17 heavy (non-hydrogen) atoms. The van der Waals surface area contributed by atoms with Crippen LogP contribution in [-0.2, 0) is 4.74 Å². The van der Waals surface area contributed by atoms with E-state index >= 15 is 0 Å². The Kier molecular flexibility index (Phi) is 5.25. The third-order valence-electron chi connectivity index (χ3n) is 2.69. The van der Waals surface area contributed by atoms with Crippen LogP contribution in [0.2, 0.25) is 0 Å². The number of methoxy groups -OCH3 is 2. The van der Waals surface area contributed by atoms with Gasteiger partial charge in [0, 0.05) is 12.7 Å². The fourth-order valence-corrected chi connectivity index (χ4v) is 1.66. The minimum atomic E-state index is -0.195. The van der Waals surface area contributed by atoms with E-state index in [0.29, 0.717) is 6.61 Å². The van der Waals surface area contributed by atoms with Gasteiger partial charge in [-0.2, -0.15) is 0 Å². The summed E-state index contributed by atoms with van der Waals surface area (Å²) in [6.45, 7) is 4.56. The Morgan fingerprint density at radius 3 is 2.06 bits per heavy atom. The molecule has 1 aromatic rings. The molecule has 0 saturated heterocycles. The van der Waals surface area contributed by atoms with Gasteiger partial charge in [0.25, 0.3) is 0 Å². The van der Waals surface area contributed by atoms with Gasteiger partial charge in [-0.05, 0) is 31.5 Å². The van der Waals surface area contributed by atoms with Crippen molar-refractivity contribution >= 4 is 0 Å². The Bertz CT molecular complexity index is 332. The molecule has 1 aromatic carbocycles. The number of rotatable bonds is 6. The van der Waals surface area contributed by atoms with Crippen molar-refractivity contribution in [2.45, 2.75) is 26.0 Å². The van der Waals surface area contributed by atoms with E-state index in [2.05, 4.69) is 0 Å². The molecule has 0 bridgehead atoms. The SMILES string of the molecule is CCOC(C)C(N)c1cc(OC)cc(OC)c1. The first kappa shape index (κ1) is 13.8. The lowest BCUT2D eigenvalue weighted by Gasteiger charge is -2.21. The quantitative estimate of drug-likeness (QED) is 0.826. The van der Waals surface area contributed by atoms with E-state index < -0.39 is 0 Å². The van der Waals surface area contributed by atoms with E-state index in [1.54, 1.807) is 14.2 Å². The van der Waals surface area contributed by atoms with Crippen molar-refractivity contribution in [2.75, 3.05) is 20.8 Å². The van der Waals surface area contributed by atoms with Crippen molar-refractivity contribution in [3.8, 4) is 11.5 Å². The van der Waals surface area contributed by atoms with Crippen LogP contribution in [0.15, 0.2) is 18.2 Å². The zero-order valence-electron chi connectivity index (χ0n) is 10.9. The molecule has 0 aliphatic carbocycles. The van der Waals surface area contributed by atoms with Crippen LogP contribution in [0.1, 0.15) is 25.5 Å². The first-order valence-corrected chi connectivity index (χ1v) is 5.72. The summed E-state index contributed by atoms with van der Waals surface area (Å²) in [5, 5.41) is 0. The van der Waals surface area contributed by atoms with Crippen molar-refractivity contribution in [1.82, 2.24) is 0 Å². The number of hydrogen-bond acceptors (Lipinski definition) is 4. The Hall–Kier alpha value is -1.26. The maximum Gasteiger partial charge on any atom is 0.122 e. The van der Waals surface area contributed by atoms with Gasteiger partial charge in [0.15, 0.2) is 0 Å². The summed E-state index contributed by atoms with van der Waals surface area (Å²) in [7, 11) is 3.24. The lowest BCUT2D eigenvalue weighted by Crippen LogP contribution is -2.26. The molecule has 4 heteroatoms. The van der Waals surface area contributed by atoms with Crippen molar-refractivity contribution in [1.29, 1.82) is 0 Å². The Morgan fingerprint density at radius 2 is 1.65 bits per heavy atom. The van der Waals surface area contributed by atoms with Gasteiger partial charge >= 0.3 is 0 Å². The molecule has 96 valence electrons. The average molecular weight is 239 g/mol. The molecule has 0 spiro atoms. The van der Waals surface area contributed by atoms with E-state index in [-0.39, 0.29) is 12.1 Å². The molecular formula is C13H21NO3. The molecule has 0 aliphatic rings. The first-order valence-electron chi connectivity index (χ1n) is 5.72. The molecular weight excluding hydrogens is 218 g/mol. The van der Waals surface area contributed by atoms with Crippen LogP contribution in [0.3, 0.4) is 0 Å². The normalized spacial score (nSPS) is 14.2. The van der Waals surface area contributed by atoms with Crippen molar-refractivity contribution in [3.05, 3.63) is 23.8 Å². The number of benzene rings is 1. The molecule has 2 atom stereocenters. The highest BCUT2D eigenvalue weighted by Crippen LogP contribution is 2.27. The number of ether oxygens (including phenoxy) is 3. The van der Waals surface area contributed by atoms with Crippen molar-refractivity contribution in [2.24, 2.45) is 5.73 Å². The summed E-state index contributed by atoms with van der Waals surface area (Å²) in [4.78, 5) is 0. The molecule has 0 heterocycles. The van der Waals surface area contributed by atoms with Crippen LogP contribution in [0.5, 0.6) is 11.5 Å². The Balaban J connectivity index is 2.95. The standard InChI is InChI=1S/C13H21NO3/c1-5-17-9(2)13(14)10-6-11(15-3)8-12(7-10)16-4/h6-9,13H,5,14H2,1-4H3. The summed E-state index contributed by atoms with van der Waals surface area (Å²) in [5.41, 5.74) is 7.08. The maximum atomic E-state index is 6.14. The molecule has 0 radical (unpaired) electrons. The average Bonchev–Trinajstić information content (AvgIpc) is 2.37. The molecule has 0 aliphatic heterocycles. The predicted molar refractivity (Wildman–Crippen MR) is 67.6 cm³/mol. The van der Waals surface area contributed by atoms with Crippen LogP contribution in [0, 0.1) is 0 Å². The lowest BCUT2D eigenvalue weighted by atomic mass is 10.0. The fraction of sp³-hybridized carbons (Fsp3) is 0.538. The summed E-state index contributed by atoms with van der Waals surface area (Å²) in [6.07, 6.45) is -0.0446. The van der Waals surface area contributed by atoms with Crippen molar-refractivity contribution in [3.63, 3.8) is 0 Å². The van der Waals surface area contributed by atoms with Gasteiger partial charge < -0.3 is 19.9 Å². The van der Waals surface area contributed by atoms with Gasteiger partial charge in [-0.15, -0.1) is 0 Å². The molecule has 0 amide bonds. The monoisotopic (exact) mass is 239 g/mol. The lowest BCUT2D eigenvalue weighted by molar-refractivity contribution is 0.0574. The van der Waals surface area contributed by atoms with Crippen LogP contribution < -0.4 is 15.2 Å². The summed E-state index contributed by atoms with van der Waals surface area (Å²) in [5.74, 6) is 1.47. The smallest absolute Gasteiger partial charge is 0.122 e. The number of nitrogens with two attached hydrogens (primary N) is 1. The van der Waals surface area contributed by atoms with Crippen LogP contribution in [-0.4, -0.2) is 26.9 Å². The third kappa shape index (κ3) is 3.61. The fourth-order valence-electron chi connectivity index (χ4n) is 1.66. The third-order valence-corrected chi connectivity index (χ3v) is 2.69. The molecule has 1 rings (SSSR count). The highest BCUT2D eigenvalue weighted by atomic mass is 16.5. The Labute approximate surface area is 103 Å². The summed E-state index contributed by atoms with van der Waals surface area (Å²) < 4.78 is 15.9. The molecule has 4 nitrogen and oxygen atoms in total. The second kappa shape index (κ2) is 6.47. The molecule has 2 N–H and O–H groups in total. The highest BCUT2D eigenvalue weighted by Gasteiger charge is 2.16. The van der Waals surface area contributed by atoms with Crippen LogP contribution in [0.25, 0.3) is 0 Å². The van der Waals surface area contributed by atoms with Gasteiger partial charge in [0.1, 0.15) is 11.5 Å². The molecule has 0 saturated carbocycles. The van der Waals surface area contributed by atoms with Gasteiger partial charge in [-0.3, -0.25) is 0 Å². The predicted octanol–water partition coefficient (Wildman–Crippen LogP) is 2.13. The molecule has 0 aromatic heterocycles. The topological polar surface area (TPSA) is 53.7 Å². The zero-order chi connectivity index (χ0) is 12.8. The molecule has 0 fully saturated rings. The summed E-state index contributed by atoms with van der Waals surface area (Å²) in [6, 6.07) is 5.44. The minimum absolute atomic E-state index is 0.0446. The summed E-state index contributed by atoms with van der Waals surface area (Å²) >= 11 is 0. The first-order chi connectivity index (χ1) is 8.12. The largest absolute Gasteiger partial charge is 0.497 e. The van der Waals surface area contributed by atoms with Gasteiger partial charge in [0.05, 0.1) is 26.4 Å². The van der Waals surface area contributed by atoms with Gasteiger partial charge in [-0.25, -0.2) is 0 Å². The molecule has 2 unspecified atom stereocenters. The van der Waals surface area contributed by atoms with Gasteiger partial charge in [-0.1, -0.05) is 0 Å². The van der Waals surface area contributed by atoms with E-state index in [0.717, 1.165) is 17.1 Å². The minimum Gasteiger partial charge on any atom is -0.497 e. The van der Waals surface area contributed by atoms with E-state index in [4.69, 9.17) is 19.9 Å². The second-order valence-corrected chi connectivity index (χ2v) is 3.83.